The number of primary amides is 1. The Morgan fingerprint density at radius 2 is 2.18 bits per heavy atom. The van der Waals surface area contributed by atoms with Crippen LogP contribution >= 0.6 is 0 Å². The lowest BCUT2D eigenvalue weighted by Gasteiger charge is -2.02. The Morgan fingerprint density at radius 3 is 2.76 bits per heavy atom. The number of aromatic nitrogens is 5. The molecular weight excluding hydrogens is 220 g/mol. The van der Waals surface area contributed by atoms with E-state index < -0.39 is 5.91 Å². The van der Waals surface area contributed by atoms with Crippen LogP contribution in [-0.2, 0) is 6.54 Å². The van der Waals surface area contributed by atoms with Crippen molar-refractivity contribution in [2.75, 3.05) is 0 Å². The van der Waals surface area contributed by atoms with E-state index in [1.807, 2.05) is 26.0 Å². The first-order valence-corrected chi connectivity index (χ1v) is 5.06. The van der Waals surface area contributed by atoms with E-state index in [1.165, 1.54) is 4.80 Å². The standard InChI is InChI=1S/C10H12N6O/c1-6-3-7(2)12-8(4-6)5-16-14-10(9(11)17)13-15-16/h3-4H,5H2,1-2H3,(H2,11,17). The fourth-order valence-corrected chi connectivity index (χ4v) is 1.56. The maximum Gasteiger partial charge on any atom is 0.290 e. The molecule has 0 atom stereocenters. The first kappa shape index (κ1) is 11.2. The zero-order valence-electron chi connectivity index (χ0n) is 9.58. The van der Waals surface area contributed by atoms with Gasteiger partial charge in [-0.05, 0) is 36.8 Å². The zero-order valence-corrected chi connectivity index (χ0v) is 9.58. The highest BCUT2D eigenvalue weighted by atomic mass is 16.1. The molecule has 0 aliphatic rings. The number of pyridine rings is 1. The molecule has 2 aromatic heterocycles. The summed E-state index contributed by atoms with van der Waals surface area (Å²) in [5, 5.41) is 11.1. The maximum absolute atomic E-state index is 10.8. The topological polar surface area (TPSA) is 99.6 Å². The smallest absolute Gasteiger partial charge is 0.290 e. The van der Waals surface area contributed by atoms with Crippen LogP contribution in [0.5, 0.6) is 0 Å². The van der Waals surface area contributed by atoms with Gasteiger partial charge in [0.15, 0.2) is 0 Å². The number of aryl methyl sites for hydroxylation is 2. The van der Waals surface area contributed by atoms with Crippen molar-refractivity contribution in [1.82, 2.24) is 25.2 Å². The van der Waals surface area contributed by atoms with Crippen molar-refractivity contribution >= 4 is 5.91 Å². The Hall–Kier alpha value is -2.31. The molecule has 0 aromatic carbocycles. The minimum atomic E-state index is -0.690. The van der Waals surface area contributed by atoms with Crippen LogP contribution in [0.1, 0.15) is 27.6 Å². The molecule has 1 amide bonds. The second-order valence-corrected chi connectivity index (χ2v) is 3.78. The molecular formula is C10H12N6O. The fraction of sp³-hybridized carbons (Fsp3) is 0.300. The average molecular weight is 232 g/mol. The fourth-order valence-electron chi connectivity index (χ4n) is 1.56. The van der Waals surface area contributed by atoms with E-state index in [0.717, 1.165) is 17.0 Å². The molecule has 7 nitrogen and oxygen atoms in total. The normalized spacial score (nSPS) is 10.5. The molecule has 0 bridgehead atoms. The summed E-state index contributed by atoms with van der Waals surface area (Å²) < 4.78 is 0. The van der Waals surface area contributed by atoms with Crippen molar-refractivity contribution in [3.05, 3.63) is 34.9 Å². The van der Waals surface area contributed by atoms with Crippen LogP contribution in [0.3, 0.4) is 0 Å². The summed E-state index contributed by atoms with van der Waals surface area (Å²) in [5.74, 6) is -0.779. The molecule has 0 saturated carbocycles. The van der Waals surface area contributed by atoms with Crippen LogP contribution in [0, 0.1) is 13.8 Å². The third kappa shape index (κ3) is 2.63. The summed E-state index contributed by atoms with van der Waals surface area (Å²) in [5.41, 5.74) is 7.89. The minimum absolute atomic E-state index is 0.0885. The van der Waals surface area contributed by atoms with Gasteiger partial charge in [0.1, 0.15) is 6.54 Å². The van der Waals surface area contributed by atoms with Gasteiger partial charge in [0, 0.05) is 5.69 Å². The Kier molecular flexibility index (Phi) is 2.82. The van der Waals surface area contributed by atoms with Crippen LogP contribution in [0.2, 0.25) is 0 Å². The molecule has 0 aliphatic carbocycles. The summed E-state index contributed by atoms with van der Waals surface area (Å²) in [7, 11) is 0. The highest BCUT2D eigenvalue weighted by Gasteiger charge is 2.09. The summed E-state index contributed by atoms with van der Waals surface area (Å²) in [4.78, 5) is 16.4. The van der Waals surface area contributed by atoms with Gasteiger partial charge in [0.05, 0.1) is 5.69 Å². The number of nitrogens with zero attached hydrogens (tertiary/aromatic N) is 5. The number of carbonyl (C=O) groups excluding carboxylic acids is 1. The minimum Gasteiger partial charge on any atom is -0.363 e. The van der Waals surface area contributed by atoms with Gasteiger partial charge < -0.3 is 5.73 Å². The van der Waals surface area contributed by atoms with Gasteiger partial charge in [-0.15, -0.1) is 10.2 Å². The Morgan fingerprint density at radius 1 is 1.41 bits per heavy atom. The first-order valence-electron chi connectivity index (χ1n) is 5.06. The van der Waals surface area contributed by atoms with Crippen molar-refractivity contribution in [2.45, 2.75) is 20.4 Å². The van der Waals surface area contributed by atoms with Crippen LogP contribution in [0.25, 0.3) is 0 Å². The van der Waals surface area contributed by atoms with E-state index in [2.05, 4.69) is 20.4 Å². The molecule has 0 saturated heterocycles. The molecule has 0 spiro atoms. The molecule has 2 rings (SSSR count). The van der Waals surface area contributed by atoms with Crippen molar-refractivity contribution in [1.29, 1.82) is 0 Å². The lowest BCUT2D eigenvalue weighted by atomic mass is 10.2. The SMILES string of the molecule is Cc1cc(C)nc(Cn2nnc(C(N)=O)n2)c1. The summed E-state index contributed by atoms with van der Waals surface area (Å²) in [6, 6.07) is 3.91. The quantitative estimate of drug-likeness (QED) is 0.792. The molecule has 88 valence electrons. The average Bonchev–Trinajstić information content (AvgIpc) is 2.64. The summed E-state index contributed by atoms with van der Waals surface area (Å²) in [6.45, 7) is 4.27. The van der Waals surface area contributed by atoms with Crippen LogP contribution in [-0.4, -0.2) is 31.1 Å². The van der Waals surface area contributed by atoms with Crippen molar-refractivity contribution in [2.24, 2.45) is 5.73 Å². The number of amides is 1. The van der Waals surface area contributed by atoms with E-state index in [0.29, 0.717) is 6.54 Å². The van der Waals surface area contributed by atoms with E-state index in [1.54, 1.807) is 0 Å². The van der Waals surface area contributed by atoms with E-state index in [-0.39, 0.29) is 5.82 Å². The Balaban J connectivity index is 2.22. The Bertz CT molecular complexity index is 541. The largest absolute Gasteiger partial charge is 0.363 e. The van der Waals surface area contributed by atoms with Crippen LogP contribution < -0.4 is 5.73 Å². The van der Waals surface area contributed by atoms with Gasteiger partial charge in [0.2, 0.25) is 0 Å². The maximum atomic E-state index is 10.8. The van der Waals surface area contributed by atoms with Crippen molar-refractivity contribution in [3.63, 3.8) is 0 Å². The molecule has 2 aromatic rings. The van der Waals surface area contributed by atoms with E-state index in [4.69, 9.17) is 5.73 Å². The van der Waals surface area contributed by atoms with Gasteiger partial charge in [-0.2, -0.15) is 4.80 Å². The molecule has 0 radical (unpaired) electrons. The van der Waals surface area contributed by atoms with Crippen LogP contribution in [0.4, 0.5) is 0 Å². The highest BCUT2D eigenvalue weighted by Crippen LogP contribution is 2.05. The number of nitrogens with two attached hydrogens (primary N) is 1. The number of tetrazole rings is 1. The molecule has 0 unspecified atom stereocenters. The summed E-state index contributed by atoms with van der Waals surface area (Å²) in [6.07, 6.45) is 0. The van der Waals surface area contributed by atoms with Crippen molar-refractivity contribution < 1.29 is 4.79 Å². The second-order valence-electron chi connectivity index (χ2n) is 3.78. The van der Waals surface area contributed by atoms with Gasteiger partial charge in [0.25, 0.3) is 11.7 Å². The second kappa shape index (κ2) is 4.28. The molecule has 0 aliphatic heterocycles. The summed E-state index contributed by atoms with van der Waals surface area (Å²) >= 11 is 0. The van der Waals surface area contributed by atoms with Gasteiger partial charge in [-0.3, -0.25) is 9.78 Å². The van der Waals surface area contributed by atoms with E-state index in [9.17, 15) is 4.79 Å². The third-order valence-electron chi connectivity index (χ3n) is 2.13. The lowest BCUT2D eigenvalue weighted by molar-refractivity contribution is 0.0990. The van der Waals surface area contributed by atoms with Gasteiger partial charge >= 0.3 is 0 Å². The molecule has 7 heteroatoms. The Labute approximate surface area is 97.7 Å². The lowest BCUT2D eigenvalue weighted by Crippen LogP contribution is -2.14. The predicted molar refractivity (Wildman–Crippen MR) is 59.1 cm³/mol. The monoisotopic (exact) mass is 232 g/mol. The highest BCUT2D eigenvalue weighted by molar-refractivity contribution is 5.88. The number of carbonyl (C=O) groups is 1. The van der Waals surface area contributed by atoms with Crippen LogP contribution in [0.15, 0.2) is 12.1 Å². The van der Waals surface area contributed by atoms with E-state index >= 15 is 0 Å². The molecule has 0 fully saturated rings. The van der Waals surface area contributed by atoms with Gasteiger partial charge in [-0.1, -0.05) is 0 Å². The zero-order chi connectivity index (χ0) is 12.4. The van der Waals surface area contributed by atoms with Gasteiger partial charge in [-0.25, -0.2) is 0 Å². The molecule has 2 N–H and O–H groups in total. The number of hydrogen-bond acceptors (Lipinski definition) is 5. The first-order chi connectivity index (χ1) is 8.04. The predicted octanol–water partition coefficient (Wildman–Crippen LogP) is -0.168. The third-order valence-corrected chi connectivity index (χ3v) is 2.13. The number of hydrogen-bond donors (Lipinski definition) is 1. The van der Waals surface area contributed by atoms with Crippen molar-refractivity contribution in [3.8, 4) is 0 Å². The molecule has 2 heterocycles. The molecule has 17 heavy (non-hydrogen) atoms. The number of rotatable bonds is 3.